The van der Waals surface area contributed by atoms with Crippen molar-refractivity contribution >= 4 is 5.97 Å². The molecule has 4 nitrogen and oxygen atoms in total. The van der Waals surface area contributed by atoms with Crippen molar-refractivity contribution < 1.29 is 19.4 Å². The summed E-state index contributed by atoms with van der Waals surface area (Å²) in [6.45, 7) is 20.4. The van der Waals surface area contributed by atoms with Gasteiger partial charge in [0, 0.05) is 6.92 Å². The lowest BCUT2D eigenvalue weighted by Gasteiger charge is -2.28. The molecular formula is C22H38O4. The number of esters is 1. The lowest BCUT2D eigenvalue weighted by molar-refractivity contribution is -0.151. The van der Waals surface area contributed by atoms with Crippen LogP contribution in [-0.4, -0.2) is 34.0 Å². The minimum Gasteiger partial charge on any atom is -0.455 e. The zero-order valence-corrected chi connectivity index (χ0v) is 17.7. The van der Waals surface area contributed by atoms with Gasteiger partial charge in [-0.1, -0.05) is 24.3 Å². The number of allylic oxidation sites excluding steroid dienone is 2. The molecule has 150 valence electrons. The number of hydrogen-bond acceptors (Lipinski definition) is 4. The van der Waals surface area contributed by atoms with Crippen LogP contribution in [0.1, 0.15) is 74.1 Å². The second-order valence-corrected chi connectivity index (χ2v) is 8.25. The summed E-state index contributed by atoms with van der Waals surface area (Å²) < 4.78 is 10.9. The summed E-state index contributed by atoms with van der Waals surface area (Å²) in [5.41, 5.74) is -0.220. The summed E-state index contributed by atoms with van der Waals surface area (Å²) in [4.78, 5) is 10.8. The van der Waals surface area contributed by atoms with Gasteiger partial charge in [-0.2, -0.15) is 0 Å². The van der Waals surface area contributed by atoms with E-state index in [1.54, 1.807) is 19.9 Å². The van der Waals surface area contributed by atoms with Crippen molar-refractivity contribution in [3.05, 3.63) is 37.0 Å². The van der Waals surface area contributed by atoms with Crippen LogP contribution < -0.4 is 0 Å². The Bertz CT molecular complexity index is 511. The molecule has 0 aliphatic carbocycles. The van der Waals surface area contributed by atoms with Crippen molar-refractivity contribution in [2.75, 3.05) is 0 Å². The van der Waals surface area contributed by atoms with E-state index in [-0.39, 0.29) is 17.7 Å². The summed E-state index contributed by atoms with van der Waals surface area (Å²) in [6, 6.07) is 0. The molecule has 0 aromatic carbocycles. The predicted octanol–water partition coefficient (Wildman–Crippen LogP) is 5.12. The third-order valence-electron chi connectivity index (χ3n) is 4.54. The number of hydrogen-bond donors (Lipinski definition) is 1. The van der Waals surface area contributed by atoms with E-state index in [4.69, 9.17) is 9.47 Å². The molecule has 3 atom stereocenters. The number of aliphatic hydroxyl groups is 1. The van der Waals surface area contributed by atoms with Gasteiger partial charge in [0.1, 0.15) is 5.60 Å². The molecule has 26 heavy (non-hydrogen) atoms. The Kier molecular flexibility index (Phi) is 9.54. The maximum absolute atomic E-state index is 10.8. The average Bonchev–Trinajstić information content (AvgIpc) is 2.90. The summed E-state index contributed by atoms with van der Waals surface area (Å²) in [5, 5.41) is 9.69. The molecule has 0 spiro atoms. The van der Waals surface area contributed by atoms with Gasteiger partial charge >= 0.3 is 5.97 Å². The van der Waals surface area contributed by atoms with E-state index in [1.807, 2.05) is 19.9 Å². The zero-order valence-electron chi connectivity index (χ0n) is 17.7. The van der Waals surface area contributed by atoms with E-state index in [0.717, 1.165) is 25.7 Å². The number of carbonyl (C=O) groups excluding carboxylic acids is 1. The van der Waals surface area contributed by atoms with Crippen LogP contribution in [0.4, 0.5) is 0 Å². The molecule has 1 aliphatic rings. The van der Waals surface area contributed by atoms with Crippen LogP contribution in [0.15, 0.2) is 37.0 Å². The first-order valence-electron chi connectivity index (χ1n) is 9.27. The summed E-state index contributed by atoms with van der Waals surface area (Å²) >= 11 is 0. The summed E-state index contributed by atoms with van der Waals surface area (Å²) in [7, 11) is 0. The molecule has 0 amide bonds. The lowest BCUT2D eigenvalue weighted by atomic mass is 9.97. The molecule has 0 radical (unpaired) electrons. The highest BCUT2D eigenvalue weighted by Gasteiger charge is 2.40. The van der Waals surface area contributed by atoms with Crippen LogP contribution in [-0.2, 0) is 14.3 Å². The summed E-state index contributed by atoms with van der Waals surface area (Å²) in [5.74, 6) is -0.260. The van der Waals surface area contributed by atoms with Gasteiger partial charge in [-0.3, -0.25) is 4.79 Å². The van der Waals surface area contributed by atoms with Gasteiger partial charge in [0.05, 0.1) is 17.3 Å². The molecule has 1 heterocycles. The molecule has 0 aromatic rings. The Morgan fingerprint density at radius 1 is 1.31 bits per heavy atom. The molecule has 0 aromatic heterocycles. The molecule has 1 aliphatic heterocycles. The van der Waals surface area contributed by atoms with Gasteiger partial charge in [-0.15, -0.1) is 6.58 Å². The van der Waals surface area contributed by atoms with Gasteiger partial charge in [-0.25, -0.2) is 0 Å². The SMILES string of the molecule is C=CC(C)(CCC=C(C)C)OC(C)=O.C=C[C@]1(C)CC[C@H](C(C)(C)O)O1. The molecule has 1 saturated heterocycles. The van der Waals surface area contributed by atoms with Gasteiger partial charge in [0.15, 0.2) is 0 Å². The minimum atomic E-state index is -0.735. The Balaban J connectivity index is 0.000000485. The fraction of sp³-hybridized carbons (Fsp3) is 0.682. The molecular weight excluding hydrogens is 328 g/mol. The standard InChI is InChI=1S/C12H20O2.C10H18O2/c1-6-12(5,14-11(4)13)9-7-8-10(2)3;1-5-10(4)7-6-8(12-10)9(2,3)11/h6,8H,1,7,9H2,2-5H3;5,8,11H,1,6-7H2,2-4H3/t;8-,10-/m.1/s1. The smallest absolute Gasteiger partial charge is 0.303 e. The molecule has 1 fully saturated rings. The fourth-order valence-corrected chi connectivity index (χ4v) is 2.68. The van der Waals surface area contributed by atoms with E-state index in [9.17, 15) is 9.90 Å². The van der Waals surface area contributed by atoms with Crippen molar-refractivity contribution in [2.24, 2.45) is 0 Å². The Labute approximate surface area is 160 Å². The number of rotatable bonds is 7. The zero-order chi connectivity index (χ0) is 20.6. The molecule has 1 N–H and O–H groups in total. The van der Waals surface area contributed by atoms with Crippen molar-refractivity contribution in [3.63, 3.8) is 0 Å². The quantitative estimate of drug-likeness (QED) is 0.502. The van der Waals surface area contributed by atoms with E-state index in [2.05, 4.69) is 33.1 Å². The van der Waals surface area contributed by atoms with Crippen LogP contribution in [0.25, 0.3) is 0 Å². The largest absolute Gasteiger partial charge is 0.455 e. The molecule has 1 unspecified atom stereocenters. The monoisotopic (exact) mass is 366 g/mol. The van der Waals surface area contributed by atoms with E-state index in [0.29, 0.717) is 0 Å². The lowest BCUT2D eigenvalue weighted by Crippen LogP contribution is -2.37. The molecule has 1 rings (SSSR count). The van der Waals surface area contributed by atoms with Crippen LogP contribution in [0.5, 0.6) is 0 Å². The molecule has 0 saturated carbocycles. The van der Waals surface area contributed by atoms with E-state index < -0.39 is 11.2 Å². The number of ether oxygens (including phenoxy) is 2. The Morgan fingerprint density at radius 2 is 1.88 bits per heavy atom. The maximum atomic E-state index is 10.8. The third kappa shape index (κ3) is 9.35. The first-order chi connectivity index (χ1) is 11.8. The topological polar surface area (TPSA) is 55.8 Å². The highest BCUT2D eigenvalue weighted by Crippen LogP contribution is 2.35. The van der Waals surface area contributed by atoms with Crippen molar-refractivity contribution in [3.8, 4) is 0 Å². The summed E-state index contributed by atoms with van der Waals surface area (Å²) in [6.07, 6.45) is 9.12. The predicted molar refractivity (Wildman–Crippen MR) is 108 cm³/mol. The highest BCUT2D eigenvalue weighted by molar-refractivity contribution is 5.66. The molecule has 0 bridgehead atoms. The van der Waals surface area contributed by atoms with Gasteiger partial charge in [0.25, 0.3) is 0 Å². The number of carbonyl (C=O) groups is 1. The molecule has 4 heteroatoms. The second-order valence-electron chi connectivity index (χ2n) is 8.25. The van der Waals surface area contributed by atoms with Gasteiger partial charge in [-0.05, 0) is 73.3 Å². The minimum absolute atomic E-state index is 0.0551. The second kappa shape index (κ2) is 10.1. The Hall–Kier alpha value is -1.39. The van der Waals surface area contributed by atoms with Crippen LogP contribution in [0.2, 0.25) is 0 Å². The first kappa shape index (κ1) is 24.6. The fourth-order valence-electron chi connectivity index (χ4n) is 2.68. The van der Waals surface area contributed by atoms with E-state index >= 15 is 0 Å². The van der Waals surface area contributed by atoms with Crippen molar-refractivity contribution in [1.82, 2.24) is 0 Å². The average molecular weight is 367 g/mol. The van der Waals surface area contributed by atoms with Crippen molar-refractivity contribution in [1.29, 1.82) is 0 Å². The third-order valence-corrected chi connectivity index (χ3v) is 4.54. The van der Waals surface area contributed by atoms with Crippen molar-refractivity contribution in [2.45, 2.75) is 97.1 Å². The normalized spacial score (nSPS) is 24.5. The maximum Gasteiger partial charge on any atom is 0.303 e. The first-order valence-corrected chi connectivity index (χ1v) is 9.27. The van der Waals surface area contributed by atoms with Crippen LogP contribution >= 0.6 is 0 Å². The van der Waals surface area contributed by atoms with Crippen LogP contribution in [0, 0.1) is 0 Å². The van der Waals surface area contributed by atoms with Gasteiger partial charge in [0.2, 0.25) is 0 Å². The highest BCUT2D eigenvalue weighted by atomic mass is 16.6. The van der Waals surface area contributed by atoms with E-state index in [1.165, 1.54) is 12.5 Å². The van der Waals surface area contributed by atoms with Crippen LogP contribution in [0.3, 0.4) is 0 Å². The Morgan fingerprint density at radius 3 is 2.19 bits per heavy atom. The van der Waals surface area contributed by atoms with Gasteiger partial charge < -0.3 is 14.6 Å².